The van der Waals surface area contributed by atoms with Gasteiger partial charge in [-0.1, -0.05) is 6.92 Å². The molecule has 0 radical (unpaired) electrons. The zero-order chi connectivity index (χ0) is 13.5. The molecule has 18 heavy (non-hydrogen) atoms. The summed E-state index contributed by atoms with van der Waals surface area (Å²) in [6.45, 7) is 4.58. The summed E-state index contributed by atoms with van der Waals surface area (Å²) in [5.74, 6) is -0.289. The van der Waals surface area contributed by atoms with E-state index in [1.807, 2.05) is 11.8 Å². The van der Waals surface area contributed by atoms with Crippen LogP contribution in [0.3, 0.4) is 0 Å². The highest BCUT2D eigenvalue weighted by Gasteiger charge is 2.11. The molecule has 0 aromatic carbocycles. The first kappa shape index (κ1) is 14.2. The van der Waals surface area contributed by atoms with E-state index in [4.69, 9.17) is 0 Å². The van der Waals surface area contributed by atoms with Gasteiger partial charge in [-0.3, -0.25) is 14.6 Å². The zero-order valence-corrected chi connectivity index (χ0v) is 11.0. The van der Waals surface area contributed by atoms with E-state index in [1.165, 1.54) is 7.11 Å². The van der Waals surface area contributed by atoms with Gasteiger partial charge in [0.25, 0.3) is 0 Å². The van der Waals surface area contributed by atoms with Crippen LogP contribution in [0.4, 0.5) is 5.69 Å². The van der Waals surface area contributed by atoms with E-state index >= 15 is 0 Å². The number of rotatable bonds is 6. The Balaban J connectivity index is 2.81. The fraction of sp³-hybridized carbons (Fsp3) is 0.462. The number of likely N-dealkylation sites (N-methyl/N-ethyl adjacent to an activating group) is 1. The topological polar surface area (TPSA) is 59.5 Å². The third-order valence-electron chi connectivity index (χ3n) is 2.65. The largest absolute Gasteiger partial charge is 0.468 e. The summed E-state index contributed by atoms with van der Waals surface area (Å²) < 4.78 is 4.63. The first-order chi connectivity index (χ1) is 8.62. The minimum absolute atomic E-state index is 0.0116. The Labute approximate surface area is 107 Å². The number of hydrogen-bond acceptors (Lipinski definition) is 5. The van der Waals surface area contributed by atoms with Gasteiger partial charge in [-0.2, -0.15) is 0 Å². The number of anilines is 1. The highest BCUT2D eigenvalue weighted by atomic mass is 16.5. The Kier molecular flexibility index (Phi) is 5.30. The van der Waals surface area contributed by atoms with Gasteiger partial charge in [-0.25, -0.2) is 0 Å². The second-order valence-corrected chi connectivity index (χ2v) is 3.77. The number of ketones is 1. The molecule has 0 N–H and O–H groups in total. The van der Waals surface area contributed by atoms with Crippen molar-refractivity contribution in [1.29, 1.82) is 0 Å². The van der Waals surface area contributed by atoms with Crippen LogP contribution in [0.1, 0.15) is 30.8 Å². The lowest BCUT2D eigenvalue weighted by molar-refractivity contribution is -0.138. The summed E-state index contributed by atoms with van der Waals surface area (Å²) >= 11 is 0. The van der Waals surface area contributed by atoms with Crippen LogP contribution >= 0.6 is 0 Å². The summed E-state index contributed by atoms with van der Waals surface area (Å²) in [7, 11) is 1.36. The van der Waals surface area contributed by atoms with Crippen molar-refractivity contribution in [1.82, 2.24) is 4.98 Å². The molecule has 1 aromatic rings. The average molecular weight is 250 g/mol. The minimum Gasteiger partial charge on any atom is -0.468 e. The van der Waals surface area contributed by atoms with Crippen LogP contribution in [-0.4, -0.2) is 36.9 Å². The fourth-order valence-electron chi connectivity index (χ4n) is 1.53. The molecule has 0 atom stereocenters. The van der Waals surface area contributed by atoms with Crippen LogP contribution in [0.25, 0.3) is 0 Å². The number of hydrogen-bond donors (Lipinski definition) is 0. The molecule has 0 unspecified atom stereocenters. The van der Waals surface area contributed by atoms with E-state index in [1.54, 1.807) is 25.3 Å². The lowest BCUT2D eigenvalue weighted by Crippen LogP contribution is -2.30. The van der Waals surface area contributed by atoms with Gasteiger partial charge in [0.2, 0.25) is 0 Å². The van der Waals surface area contributed by atoms with Crippen LogP contribution < -0.4 is 4.90 Å². The number of nitrogens with zero attached hydrogens (tertiary/aromatic N) is 2. The van der Waals surface area contributed by atoms with Gasteiger partial charge in [-0.05, 0) is 19.1 Å². The molecule has 0 spiro atoms. The van der Waals surface area contributed by atoms with Gasteiger partial charge in [0, 0.05) is 13.0 Å². The highest BCUT2D eigenvalue weighted by molar-refractivity contribution is 5.94. The SMILES string of the molecule is CCC(=O)c1ccc(N(CC)CC(=O)OC)cn1. The first-order valence-corrected chi connectivity index (χ1v) is 5.93. The molecule has 0 bridgehead atoms. The zero-order valence-electron chi connectivity index (χ0n) is 11.0. The average Bonchev–Trinajstić information content (AvgIpc) is 2.43. The van der Waals surface area contributed by atoms with Gasteiger partial charge in [-0.15, -0.1) is 0 Å². The van der Waals surface area contributed by atoms with Crippen molar-refractivity contribution in [3.63, 3.8) is 0 Å². The summed E-state index contributed by atoms with van der Waals surface area (Å²) in [5.41, 5.74) is 1.26. The summed E-state index contributed by atoms with van der Waals surface area (Å²) in [6.07, 6.45) is 2.04. The predicted molar refractivity (Wildman–Crippen MR) is 68.8 cm³/mol. The number of methoxy groups -OCH3 is 1. The van der Waals surface area contributed by atoms with Crippen molar-refractivity contribution in [2.45, 2.75) is 20.3 Å². The molecule has 0 aliphatic rings. The molecular formula is C13H18N2O3. The summed E-state index contributed by atoms with van der Waals surface area (Å²) in [5, 5.41) is 0. The summed E-state index contributed by atoms with van der Waals surface area (Å²) in [6, 6.07) is 3.48. The van der Waals surface area contributed by atoms with E-state index in [0.717, 1.165) is 5.69 Å². The molecule has 0 amide bonds. The van der Waals surface area contributed by atoms with Crippen LogP contribution in [0.2, 0.25) is 0 Å². The van der Waals surface area contributed by atoms with Gasteiger partial charge >= 0.3 is 5.97 Å². The molecule has 5 nitrogen and oxygen atoms in total. The number of pyridine rings is 1. The molecule has 1 aromatic heterocycles. The van der Waals surface area contributed by atoms with Crippen LogP contribution in [0.5, 0.6) is 0 Å². The van der Waals surface area contributed by atoms with Gasteiger partial charge in [0.05, 0.1) is 19.0 Å². The Bertz CT molecular complexity index is 415. The van der Waals surface area contributed by atoms with E-state index < -0.39 is 0 Å². The first-order valence-electron chi connectivity index (χ1n) is 5.93. The Morgan fingerprint density at radius 1 is 1.33 bits per heavy atom. The second kappa shape index (κ2) is 6.74. The molecule has 1 heterocycles. The van der Waals surface area contributed by atoms with Gasteiger partial charge < -0.3 is 9.64 Å². The Morgan fingerprint density at radius 3 is 2.50 bits per heavy atom. The molecule has 0 saturated heterocycles. The van der Waals surface area contributed by atoms with Crippen LogP contribution in [0, 0.1) is 0 Å². The Hall–Kier alpha value is -1.91. The maximum Gasteiger partial charge on any atom is 0.325 e. The molecule has 0 aliphatic heterocycles. The minimum atomic E-state index is -0.300. The lowest BCUT2D eigenvalue weighted by atomic mass is 10.2. The van der Waals surface area contributed by atoms with Crippen LogP contribution in [0.15, 0.2) is 18.3 Å². The molecule has 5 heteroatoms. The molecule has 0 fully saturated rings. The maximum absolute atomic E-state index is 11.4. The number of aromatic nitrogens is 1. The molecule has 0 saturated carbocycles. The van der Waals surface area contributed by atoms with E-state index in [9.17, 15) is 9.59 Å². The maximum atomic E-state index is 11.4. The number of Topliss-reactive ketones (excluding diaryl/α,β-unsaturated/α-hetero) is 1. The van der Waals surface area contributed by atoms with Gasteiger partial charge in [0.15, 0.2) is 5.78 Å². The molecule has 0 aliphatic carbocycles. The fourth-order valence-corrected chi connectivity index (χ4v) is 1.53. The van der Waals surface area contributed by atoms with Crippen molar-refractivity contribution in [2.24, 2.45) is 0 Å². The number of ether oxygens (including phenoxy) is 1. The molecular weight excluding hydrogens is 232 g/mol. The van der Waals surface area contributed by atoms with Crippen molar-refractivity contribution < 1.29 is 14.3 Å². The highest BCUT2D eigenvalue weighted by Crippen LogP contribution is 2.13. The van der Waals surface area contributed by atoms with Crippen LogP contribution in [-0.2, 0) is 9.53 Å². The number of carbonyl (C=O) groups is 2. The van der Waals surface area contributed by atoms with Crippen molar-refractivity contribution in [3.05, 3.63) is 24.0 Å². The lowest BCUT2D eigenvalue weighted by Gasteiger charge is -2.21. The van der Waals surface area contributed by atoms with Crippen molar-refractivity contribution >= 4 is 17.4 Å². The quantitative estimate of drug-likeness (QED) is 0.568. The van der Waals surface area contributed by atoms with Gasteiger partial charge in [0.1, 0.15) is 12.2 Å². The third-order valence-corrected chi connectivity index (χ3v) is 2.65. The van der Waals surface area contributed by atoms with E-state index in [-0.39, 0.29) is 18.3 Å². The summed E-state index contributed by atoms with van der Waals surface area (Å²) in [4.78, 5) is 28.6. The van der Waals surface area contributed by atoms with Crippen molar-refractivity contribution in [2.75, 3.05) is 25.1 Å². The molecule has 98 valence electrons. The predicted octanol–water partition coefficient (Wildman–Crippen LogP) is 1.67. The Morgan fingerprint density at radius 2 is 2.06 bits per heavy atom. The normalized spacial score (nSPS) is 9.94. The second-order valence-electron chi connectivity index (χ2n) is 3.77. The number of carbonyl (C=O) groups excluding carboxylic acids is 2. The van der Waals surface area contributed by atoms with Crippen molar-refractivity contribution in [3.8, 4) is 0 Å². The molecule has 1 rings (SSSR count). The van der Waals surface area contributed by atoms with E-state index in [0.29, 0.717) is 18.7 Å². The monoisotopic (exact) mass is 250 g/mol. The number of esters is 1. The third kappa shape index (κ3) is 3.55. The smallest absolute Gasteiger partial charge is 0.325 e. The van der Waals surface area contributed by atoms with E-state index in [2.05, 4.69) is 9.72 Å². The standard InChI is InChI=1S/C13H18N2O3/c1-4-12(16)11-7-6-10(8-14-11)15(5-2)9-13(17)18-3/h6-8H,4-5,9H2,1-3H3.